The van der Waals surface area contributed by atoms with Crippen LogP contribution in [-0.4, -0.2) is 48.5 Å². The fourth-order valence-corrected chi connectivity index (χ4v) is 2.20. The molecule has 0 radical (unpaired) electrons. The molecule has 0 fully saturated rings. The van der Waals surface area contributed by atoms with Crippen molar-refractivity contribution < 1.29 is 19.4 Å². The number of carbonyl (C=O) groups is 2. The zero-order chi connectivity index (χ0) is 15.8. The minimum absolute atomic E-state index is 0.0466. The van der Waals surface area contributed by atoms with Gasteiger partial charge in [-0.25, -0.2) is 0 Å². The molecular formula is C16H23NO4. The summed E-state index contributed by atoms with van der Waals surface area (Å²) in [5, 5.41) is 8.85. The van der Waals surface area contributed by atoms with Gasteiger partial charge in [-0.05, 0) is 26.3 Å². The van der Waals surface area contributed by atoms with Gasteiger partial charge in [-0.15, -0.1) is 0 Å². The van der Waals surface area contributed by atoms with E-state index < -0.39 is 0 Å². The molecule has 5 nitrogen and oxygen atoms in total. The maximum atomic E-state index is 12.6. The van der Waals surface area contributed by atoms with E-state index in [1.54, 1.807) is 23.1 Å². The first-order valence-corrected chi connectivity index (χ1v) is 7.20. The molecule has 116 valence electrons. The number of methoxy groups -OCH3 is 1. The molecule has 1 aromatic rings. The molecule has 0 aliphatic heterocycles. The molecule has 0 aliphatic rings. The molecule has 0 bridgehead atoms. The Morgan fingerprint density at radius 1 is 1.24 bits per heavy atom. The van der Waals surface area contributed by atoms with Crippen molar-refractivity contribution in [2.75, 3.05) is 26.8 Å². The van der Waals surface area contributed by atoms with Gasteiger partial charge >= 0.3 is 0 Å². The lowest BCUT2D eigenvalue weighted by molar-refractivity contribution is 0.0763. The summed E-state index contributed by atoms with van der Waals surface area (Å²) >= 11 is 0. The standard InChI is InChI=1S/C16H23NO4/c1-4-17(5-2)16(20)15-12(13(19)9-7-11-18)8-6-10-14(15)21-3/h6,8,10,18H,4-5,7,9,11H2,1-3H3. The van der Waals surface area contributed by atoms with Gasteiger partial charge in [0.15, 0.2) is 5.78 Å². The summed E-state index contributed by atoms with van der Waals surface area (Å²) in [5.74, 6) is 0.0463. The first-order valence-electron chi connectivity index (χ1n) is 7.20. The van der Waals surface area contributed by atoms with Crippen LogP contribution in [0.25, 0.3) is 0 Å². The molecule has 0 aromatic heterocycles. The molecule has 1 N–H and O–H groups in total. The Bertz CT molecular complexity index is 495. The van der Waals surface area contributed by atoms with E-state index in [9.17, 15) is 9.59 Å². The van der Waals surface area contributed by atoms with Gasteiger partial charge in [0, 0.05) is 31.7 Å². The van der Waals surface area contributed by atoms with E-state index in [-0.39, 0.29) is 24.7 Å². The van der Waals surface area contributed by atoms with Gasteiger partial charge in [-0.2, -0.15) is 0 Å². The van der Waals surface area contributed by atoms with Crippen molar-refractivity contribution in [3.8, 4) is 5.75 Å². The molecule has 21 heavy (non-hydrogen) atoms. The number of ketones is 1. The zero-order valence-corrected chi connectivity index (χ0v) is 12.9. The summed E-state index contributed by atoms with van der Waals surface area (Å²) in [6.07, 6.45) is 0.594. The van der Waals surface area contributed by atoms with Crippen molar-refractivity contribution >= 4 is 11.7 Å². The number of nitrogens with zero attached hydrogens (tertiary/aromatic N) is 1. The second kappa shape index (κ2) is 8.42. The normalized spacial score (nSPS) is 10.3. The van der Waals surface area contributed by atoms with Gasteiger partial charge in [-0.3, -0.25) is 9.59 Å². The van der Waals surface area contributed by atoms with Crippen molar-refractivity contribution in [2.45, 2.75) is 26.7 Å². The van der Waals surface area contributed by atoms with Crippen molar-refractivity contribution in [2.24, 2.45) is 0 Å². The average molecular weight is 293 g/mol. The number of hydrogen-bond acceptors (Lipinski definition) is 4. The van der Waals surface area contributed by atoms with Gasteiger partial charge < -0.3 is 14.7 Å². The smallest absolute Gasteiger partial charge is 0.258 e. The minimum atomic E-state index is -0.204. The predicted octanol–water partition coefficient (Wildman–Crippen LogP) is 2.13. The number of aliphatic hydroxyl groups excluding tert-OH is 1. The third-order valence-corrected chi connectivity index (χ3v) is 3.37. The number of aliphatic hydroxyl groups is 1. The van der Waals surface area contributed by atoms with E-state index in [0.717, 1.165) is 0 Å². The lowest BCUT2D eigenvalue weighted by Crippen LogP contribution is -2.32. The van der Waals surface area contributed by atoms with Crippen LogP contribution in [0.15, 0.2) is 18.2 Å². The van der Waals surface area contributed by atoms with E-state index >= 15 is 0 Å². The van der Waals surface area contributed by atoms with Crippen molar-refractivity contribution in [3.05, 3.63) is 29.3 Å². The highest BCUT2D eigenvalue weighted by molar-refractivity contribution is 6.09. The molecule has 5 heteroatoms. The third kappa shape index (κ3) is 4.04. The van der Waals surface area contributed by atoms with Crippen molar-refractivity contribution in [3.63, 3.8) is 0 Å². The third-order valence-electron chi connectivity index (χ3n) is 3.37. The summed E-state index contributed by atoms with van der Waals surface area (Å²) in [4.78, 5) is 26.5. The van der Waals surface area contributed by atoms with E-state index in [4.69, 9.17) is 9.84 Å². The molecule has 0 unspecified atom stereocenters. The van der Waals surface area contributed by atoms with Crippen LogP contribution < -0.4 is 4.74 Å². The molecule has 1 amide bonds. The quantitative estimate of drug-likeness (QED) is 0.746. The lowest BCUT2D eigenvalue weighted by Gasteiger charge is -2.21. The van der Waals surface area contributed by atoms with Gasteiger partial charge in [-0.1, -0.05) is 12.1 Å². The first kappa shape index (κ1) is 17.2. The van der Waals surface area contributed by atoms with Gasteiger partial charge in [0.05, 0.1) is 12.7 Å². The molecule has 0 atom stereocenters. The Labute approximate surface area is 125 Å². The Morgan fingerprint density at radius 2 is 1.90 bits per heavy atom. The Kier molecular flexibility index (Phi) is 6.88. The number of benzene rings is 1. The number of Topliss-reactive ketones (excluding diaryl/α,β-unsaturated/α-hetero) is 1. The summed E-state index contributed by atoms with van der Waals surface area (Å²) in [6.45, 7) is 4.87. The second-order valence-electron chi connectivity index (χ2n) is 4.61. The molecular weight excluding hydrogens is 270 g/mol. The van der Waals surface area contributed by atoms with Gasteiger partial charge in [0.2, 0.25) is 0 Å². The SMILES string of the molecule is CCN(CC)C(=O)c1c(OC)cccc1C(=O)CCCO. The molecule has 0 aliphatic carbocycles. The van der Waals surface area contributed by atoms with Crippen LogP contribution in [0.5, 0.6) is 5.75 Å². The first-order chi connectivity index (χ1) is 10.1. The van der Waals surface area contributed by atoms with Crippen LogP contribution in [0, 0.1) is 0 Å². The number of carbonyl (C=O) groups excluding carboxylic acids is 2. The van der Waals surface area contributed by atoms with Crippen LogP contribution in [0.3, 0.4) is 0 Å². The lowest BCUT2D eigenvalue weighted by atomic mass is 9.98. The Morgan fingerprint density at radius 3 is 2.43 bits per heavy atom. The zero-order valence-electron chi connectivity index (χ0n) is 12.9. The highest BCUT2D eigenvalue weighted by Crippen LogP contribution is 2.25. The minimum Gasteiger partial charge on any atom is -0.496 e. The second-order valence-corrected chi connectivity index (χ2v) is 4.61. The highest BCUT2D eigenvalue weighted by Gasteiger charge is 2.24. The van der Waals surface area contributed by atoms with Gasteiger partial charge in [0.25, 0.3) is 5.91 Å². The van der Waals surface area contributed by atoms with E-state index in [1.807, 2.05) is 13.8 Å². The van der Waals surface area contributed by atoms with Crippen LogP contribution in [0.1, 0.15) is 47.4 Å². The Balaban J connectivity index is 3.26. The largest absolute Gasteiger partial charge is 0.496 e. The average Bonchev–Trinajstić information content (AvgIpc) is 2.52. The molecule has 0 saturated heterocycles. The topological polar surface area (TPSA) is 66.8 Å². The van der Waals surface area contributed by atoms with Crippen LogP contribution >= 0.6 is 0 Å². The van der Waals surface area contributed by atoms with Gasteiger partial charge in [0.1, 0.15) is 5.75 Å². The number of amides is 1. The predicted molar refractivity (Wildman–Crippen MR) is 80.9 cm³/mol. The maximum Gasteiger partial charge on any atom is 0.258 e. The van der Waals surface area contributed by atoms with Crippen LogP contribution in [0.2, 0.25) is 0 Å². The van der Waals surface area contributed by atoms with Crippen molar-refractivity contribution in [1.82, 2.24) is 4.90 Å². The molecule has 0 heterocycles. The number of rotatable bonds is 8. The Hall–Kier alpha value is -1.88. The fourth-order valence-electron chi connectivity index (χ4n) is 2.20. The number of ether oxygens (including phenoxy) is 1. The monoisotopic (exact) mass is 293 g/mol. The maximum absolute atomic E-state index is 12.6. The summed E-state index contributed by atoms with van der Waals surface area (Å²) in [5.41, 5.74) is 0.673. The number of hydrogen-bond donors (Lipinski definition) is 1. The van der Waals surface area contributed by atoms with E-state index in [2.05, 4.69) is 0 Å². The van der Waals surface area contributed by atoms with E-state index in [1.165, 1.54) is 7.11 Å². The van der Waals surface area contributed by atoms with Crippen LogP contribution in [0.4, 0.5) is 0 Å². The summed E-state index contributed by atoms with van der Waals surface area (Å²) in [7, 11) is 1.48. The highest BCUT2D eigenvalue weighted by atomic mass is 16.5. The van der Waals surface area contributed by atoms with E-state index in [0.29, 0.717) is 36.4 Å². The summed E-state index contributed by atoms with van der Waals surface area (Å²) in [6, 6.07) is 5.02. The molecule has 0 spiro atoms. The molecule has 1 aromatic carbocycles. The molecule has 1 rings (SSSR count). The fraction of sp³-hybridized carbons (Fsp3) is 0.500. The molecule has 0 saturated carbocycles. The van der Waals surface area contributed by atoms with Crippen molar-refractivity contribution in [1.29, 1.82) is 0 Å². The summed E-state index contributed by atoms with van der Waals surface area (Å²) < 4.78 is 5.25. The van der Waals surface area contributed by atoms with Crippen LogP contribution in [-0.2, 0) is 0 Å².